The van der Waals surface area contributed by atoms with Crippen LogP contribution >= 0.6 is 0 Å². The molecule has 16 heavy (non-hydrogen) atoms. The zero-order valence-corrected chi connectivity index (χ0v) is 10.2. The Morgan fingerprint density at radius 3 is 3.00 bits per heavy atom. The molecule has 0 aromatic rings. The van der Waals surface area contributed by atoms with Crippen LogP contribution in [0.15, 0.2) is 0 Å². The van der Waals surface area contributed by atoms with Crippen LogP contribution in [0, 0.1) is 0 Å². The number of hydrogen-bond donors (Lipinski definition) is 2. The van der Waals surface area contributed by atoms with Crippen LogP contribution in [-0.2, 0) is 4.79 Å². The average molecular weight is 228 g/mol. The molecule has 0 aliphatic carbocycles. The van der Waals surface area contributed by atoms with Crippen molar-refractivity contribution in [2.75, 3.05) is 26.2 Å². The molecule has 4 heteroatoms. The molecule has 0 aromatic carbocycles. The molecule has 1 heterocycles. The molecule has 1 aliphatic rings. The molecule has 94 valence electrons. The second kappa shape index (κ2) is 7.63. The summed E-state index contributed by atoms with van der Waals surface area (Å²) in [5.74, 6) is 0.0915. The van der Waals surface area contributed by atoms with Crippen molar-refractivity contribution in [1.29, 1.82) is 0 Å². The molecule has 1 rings (SSSR count). The second-order valence-corrected chi connectivity index (χ2v) is 4.51. The largest absolute Gasteiger partial charge is 0.395 e. The van der Waals surface area contributed by atoms with E-state index in [0.29, 0.717) is 6.54 Å². The maximum atomic E-state index is 11.6. The Hall–Kier alpha value is -0.610. The SMILES string of the molecule is CCCCNC(=O)CN1CCCCC1CO. The van der Waals surface area contributed by atoms with Crippen LogP contribution in [-0.4, -0.2) is 48.2 Å². The molecule has 2 N–H and O–H groups in total. The fourth-order valence-corrected chi connectivity index (χ4v) is 2.12. The average Bonchev–Trinajstić information content (AvgIpc) is 2.30. The lowest BCUT2D eigenvalue weighted by molar-refractivity contribution is -0.123. The molecule has 0 spiro atoms. The van der Waals surface area contributed by atoms with E-state index in [2.05, 4.69) is 17.1 Å². The van der Waals surface area contributed by atoms with Crippen LogP contribution in [0.2, 0.25) is 0 Å². The summed E-state index contributed by atoms with van der Waals surface area (Å²) >= 11 is 0. The lowest BCUT2D eigenvalue weighted by Gasteiger charge is -2.33. The highest BCUT2D eigenvalue weighted by Gasteiger charge is 2.23. The number of aliphatic hydroxyl groups is 1. The van der Waals surface area contributed by atoms with Crippen molar-refractivity contribution in [3.63, 3.8) is 0 Å². The highest BCUT2D eigenvalue weighted by atomic mass is 16.3. The third-order valence-corrected chi connectivity index (χ3v) is 3.16. The van der Waals surface area contributed by atoms with Crippen LogP contribution in [0.4, 0.5) is 0 Å². The smallest absolute Gasteiger partial charge is 0.234 e. The van der Waals surface area contributed by atoms with Gasteiger partial charge in [0.25, 0.3) is 0 Å². The summed E-state index contributed by atoms with van der Waals surface area (Å²) in [7, 11) is 0. The maximum Gasteiger partial charge on any atom is 0.234 e. The maximum absolute atomic E-state index is 11.6. The van der Waals surface area contributed by atoms with E-state index >= 15 is 0 Å². The Balaban J connectivity index is 2.25. The van der Waals surface area contributed by atoms with Gasteiger partial charge < -0.3 is 10.4 Å². The molecule has 0 aromatic heterocycles. The quantitative estimate of drug-likeness (QED) is 0.660. The topological polar surface area (TPSA) is 52.6 Å². The van der Waals surface area contributed by atoms with Gasteiger partial charge in [-0.25, -0.2) is 0 Å². The summed E-state index contributed by atoms with van der Waals surface area (Å²) in [6.07, 6.45) is 5.45. The Morgan fingerprint density at radius 1 is 1.50 bits per heavy atom. The number of aliphatic hydroxyl groups excluding tert-OH is 1. The van der Waals surface area contributed by atoms with Crippen molar-refractivity contribution >= 4 is 5.91 Å². The summed E-state index contributed by atoms with van der Waals surface area (Å²) in [6, 6.07) is 0.186. The van der Waals surface area contributed by atoms with Gasteiger partial charge in [0.05, 0.1) is 13.2 Å². The van der Waals surface area contributed by atoms with E-state index in [0.717, 1.165) is 38.8 Å². The van der Waals surface area contributed by atoms with E-state index in [-0.39, 0.29) is 18.6 Å². The van der Waals surface area contributed by atoms with Crippen LogP contribution in [0.1, 0.15) is 39.0 Å². The first-order chi connectivity index (χ1) is 7.77. The van der Waals surface area contributed by atoms with E-state index in [1.54, 1.807) is 0 Å². The summed E-state index contributed by atoms with van der Waals surface area (Å²) in [6.45, 7) is 4.43. The highest BCUT2D eigenvalue weighted by Crippen LogP contribution is 2.15. The van der Waals surface area contributed by atoms with Gasteiger partial charge in [-0.15, -0.1) is 0 Å². The molecule has 0 radical (unpaired) electrons. The van der Waals surface area contributed by atoms with Crippen LogP contribution < -0.4 is 5.32 Å². The number of unbranched alkanes of at least 4 members (excludes halogenated alkanes) is 1. The van der Waals surface area contributed by atoms with Gasteiger partial charge in [-0.3, -0.25) is 9.69 Å². The van der Waals surface area contributed by atoms with E-state index in [4.69, 9.17) is 0 Å². The first-order valence-electron chi connectivity index (χ1n) is 6.39. The predicted octanol–water partition coefficient (Wildman–Crippen LogP) is 0.749. The van der Waals surface area contributed by atoms with Gasteiger partial charge in [0, 0.05) is 12.6 Å². The Kier molecular flexibility index (Phi) is 6.42. The number of amides is 1. The van der Waals surface area contributed by atoms with Crippen LogP contribution in [0.3, 0.4) is 0 Å². The van der Waals surface area contributed by atoms with E-state index in [1.807, 2.05) is 0 Å². The number of hydrogen-bond acceptors (Lipinski definition) is 3. The van der Waals surface area contributed by atoms with Gasteiger partial charge in [-0.2, -0.15) is 0 Å². The number of nitrogens with one attached hydrogen (secondary N) is 1. The Morgan fingerprint density at radius 2 is 2.31 bits per heavy atom. The molecule has 1 unspecified atom stereocenters. The predicted molar refractivity (Wildman–Crippen MR) is 64.2 cm³/mol. The van der Waals surface area contributed by atoms with Gasteiger partial charge in [0.2, 0.25) is 5.91 Å². The lowest BCUT2D eigenvalue weighted by Crippen LogP contribution is -2.47. The van der Waals surface area contributed by atoms with Crippen molar-refractivity contribution in [1.82, 2.24) is 10.2 Å². The normalized spacial score (nSPS) is 22.0. The number of likely N-dealkylation sites (tertiary alicyclic amines) is 1. The number of carbonyl (C=O) groups is 1. The molecule has 1 fully saturated rings. The minimum absolute atomic E-state index is 0.0915. The minimum atomic E-state index is 0.0915. The molecule has 4 nitrogen and oxygen atoms in total. The van der Waals surface area contributed by atoms with E-state index < -0.39 is 0 Å². The van der Waals surface area contributed by atoms with Crippen molar-refractivity contribution in [2.24, 2.45) is 0 Å². The van der Waals surface area contributed by atoms with Gasteiger partial charge in [0.1, 0.15) is 0 Å². The molecule has 1 aliphatic heterocycles. The standard InChI is InChI=1S/C12H24N2O2/c1-2-3-7-13-12(16)9-14-8-5-4-6-11(14)10-15/h11,15H,2-10H2,1H3,(H,13,16). The summed E-state index contributed by atoms with van der Waals surface area (Å²) in [5, 5.41) is 12.1. The molecule has 1 saturated heterocycles. The van der Waals surface area contributed by atoms with Crippen molar-refractivity contribution in [3.05, 3.63) is 0 Å². The van der Waals surface area contributed by atoms with E-state index in [1.165, 1.54) is 6.42 Å². The van der Waals surface area contributed by atoms with Gasteiger partial charge in [0.15, 0.2) is 0 Å². The second-order valence-electron chi connectivity index (χ2n) is 4.51. The van der Waals surface area contributed by atoms with Crippen LogP contribution in [0.25, 0.3) is 0 Å². The monoisotopic (exact) mass is 228 g/mol. The highest BCUT2D eigenvalue weighted by molar-refractivity contribution is 5.78. The van der Waals surface area contributed by atoms with Crippen molar-refractivity contribution in [2.45, 2.75) is 45.1 Å². The lowest BCUT2D eigenvalue weighted by atomic mass is 10.0. The molecular formula is C12H24N2O2. The van der Waals surface area contributed by atoms with Gasteiger partial charge in [-0.05, 0) is 25.8 Å². The number of carbonyl (C=O) groups excluding carboxylic acids is 1. The fourth-order valence-electron chi connectivity index (χ4n) is 2.12. The molecular weight excluding hydrogens is 204 g/mol. The minimum Gasteiger partial charge on any atom is -0.395 e. The van der Waals surface area contributed by atoms with Gasteiger partial charge >= 0.3 is 0 Å². The molecule has 1 atom stereocenters. The Bertz CT molecular complexity index is 209. The molecule has 0 saturated carbocycles. The van der Waals surface area contributed by atoms with Crippen LogP contribution in [0.5, 0.6) is 0 Å². The third-order valence-electron chi connectivity index (χ3n) is 3.16. The molecule has 0 bridgehead atoms. The first-order valence-corrected chi connectivity index (χ1v) is 6.39. The number of rotatable bonds is 6. The van der Waals surface area contributed by atoms with Crippen molar-refractivity contribution < 1.29 is 9.90 Å². The summed E-state index contributed by atoms with van der Waals surface area (Å²) < 4.78 is 0. The zero-order chi connectivity index (χ0) is 11.8. The van der Waals surface area contributed by atoms with E-state index in [9.17, 15) is 9.90 Å². The number of nitrogens with zero attached hydrogens (tertiary/aromatic N) is 1. The van der Waals surface area contributed by atoms with Crippen molar-refractivity contribution in [3.8, 4) is 0 Å². The zero-order valence-electron chi connectivity index (χ0n) is 10.2. The Labute approximate surface area is 98.0 Å². The van der Waals surface area contributed by atoms with Gasteiger partial charge in [-0.1, -0.05) is 19.8 Å². The fraction of sp³-hybridized carbons (Fsp3) is 0.917. The molecule has 1 amide bonds. The first kappa shape index (κ1) is 13.5. The third kappa shape index (κ3) is 4.49. The summed E-state index contributed by atoms with van der Waals surface area (Å²) in [5.41, 5.74) is 0. The summed E-state index contributed by atoms with van der Waals surface area (Å²) in [4.78, 5) is 13.7. The number of piperidine rings is 1.